The molecule has 0 unspecified atom stereocenters. The van der Waals surface area contributed by atoms with Crippen molar-refractivity contribution in [1.29, 1.82) is 10.7 Å². The lowest BCUT2D eigenvalue weighted by molar-refractivity contribution is -0.116. The third-order valence-electron chi connectivity index (χ3n) is 6.09. The first-order valence-electron chi connectivity index (χ1n) is 11.0. The Morgan fingerprint density at radius 1 is 1.12 bits per heavy atom. The minimum atomic E-state index is -0.311. The SMILES string of the molecule is N#Cc1ccc(OC2CCC(NC(=O)/C(=N/C=N)N[C@H]3CC[C@H](C=O)CC3)CC2)cc1Cl. The van der Waals surface area contributed by atoms with E-state index in [4.69, 9.17) is 27.0 Å². The molecule has 2 fully saturated rings. The Bertz CT molecular complexity index is 897. The third kappa shape index (κ3) is 6.54. The summed E-state index contributed by atoms with van der Waals surface area (Å²) < 4.78 is 6.00. The van der Waals surface area contributed by atoms with Crippen molar-refractivity contribution in [2.24, 2.45) is 10.9 Å². The van der Waals surface area contributed by atoms with Gasteiger partial charge in [-0.15, -0.1) is 0 Å². The van der Waals surface area contributed by atoms with E-state index in [0.29, 0.717) is 16.3 Å². The molecule has 2 aliphatic carbocycles. The Morgan fingerprint density at radius 3 is 2.38 bits per heavy atom. The van der Waals surface area contributed by atoms with Crippen LogP contribution in [0.1, 0.15) is 56.9 Å². The Kier molecular flexibility index (Phi) is 8.63. The molecule has 0 radical (unpaired) electrons. The normalized spacial score (nSPS) is 25.8. The Balaban J connectivity index is 1.46. The molecule has 3 N–H and O–H groups in total. The number of carbonyl (C=O) groups is 2. The summed E-state index contributed by atoms with van der Waals surface area (Å²) in [4.78, 5) is 27.6. The minimum Gasteiger partial charge on any atom is -0.490 e. The second-order valence-electron chi connectivity index (χ2n) is 8.32. The van der Waals surface area contributed by atoms with Crippen LogP contribution in [0.3, 0.4) is 0 Å². The average Bonchev–Trinajstić information content (AvgIpc) is 2.80. The van der Waals surface area contributed by atoms with Crippen LogP contribution in [-0.4, -0.2) is 42.6 Å². The molecule has 0 bridgehead atoms. The lowest BCUT2D eigenvalue weighted by Gasteiger charge is -2.30. The summed E-state index contributed by atoms with van der Waals surface area (Å²) in [7, 11) is 0. The van der Waals surface area contributed by atoms with Crippen LogP contribution in [-0.2, 0) is 9.59 Å². The number of benzene rings is 1. The number of ether oxygens (including phenoxy) is 1. The van der Waals surface area contributed by atoms with E-state index >= 15 is 0 Å². The highest BCUT2D eigenvalue weighted by atomic mass is 35.5. The maximum atomic E-state index is 12.7. The van der Waals surface area contributed by atoms with Gasteiger partial charge in [-0.2, -0.15) is 5.26 Å². The molecule has 0 atom stereocenters. The van der Waals surface area contributed by atoms with E-state index in [0.717, 1.165) is 64.0 Å². The number of aldehydes is 1. The third-order valence-corrected chi connectivity index (χ3v) is 6.40. The second-order valence-corrected chi connectivity index (χ2v) is 8.72. The molecule has 9 heteroatoms. The fraction of sp³-hybridized carbons (Fsp3) is 0.522. The molecule has 3 rings (SSSR count). The number of rotatable bonds is 6. The number of nitriles is 1. The minimum absolute atomic E-state index is 0.00966. The number of amides is 1. The van der Waals surface area contributed by atoms with E-state index in [9.17, 15) is 9.59 Å². The smallest absolute Gasteiger partial charge is 0.287 e. The van der Waals surface area contributed by atoms with Crippen LogP contribution in [0.5, 0.6) is 5.75 Å². The standard InChI is InChI=1S/C23H28ClN5O3/c24-21-11-20(8-3-16(21)12-25)32-19-9-6-18(7-10-19)29-23(31)22(27-14-26)28-17-4-1-15(13-30)2-5-17/h3,8,11,13-15,17-19H,1-2,4-7,9-10H2,(H,29,31)(H2,26,27,28)/t15-,17-,18?,19?. The first-order chi connectivity index (χ1) is 15.5. The van der Waals surface area contributed by atoms with Gasteiger partial charge in [0, 0.05) is 24.1 Å². The van der Waals surface area contributed by atoms with E-state index in [1.54, 1.807) is 18.2 Å². The number of nitrogens with zero attached hydrogens (tertiary/aromatic N) is 2. The summed E-state index contributed by atoms with van der Waals surface area (Å²) in [6, 6.07) is 7.16. The van der Waals surface area contributed by atoms with Crippen LogP contribution < -0.4 is 15.4 Å². The number of hydrogen-bond donors (Lipinski definition) is 3. The van der Waals surface area contributed by atoms with E-state index in [-0.39, 0.29) is 35.8 Å². The molecule has 1 amide bonds. The maximum Gasteiger partial charge on any atom is 0.287 e. The average molecular weight is 458 g/mol. The van der Waals surface area contributed by atoms with E-state index in [1.807, 2.05) is 6.07 Å². The lowest BCUT2D eigenvalue weighted by atomic mass is 9.87. The van der Waals surface area contributed by atoms with Crippen molar-refractivity contribution in [1.82, 2.24) is 10.6 Å². The molecule has 1 aromatic carbocycles. The van der Waals surface area contributed by atoms with Crippen LogP contribution in [0.25, 0.3) is 0 Å². The van der Waals surface area contributed by atoms with Crippen LogP contribution in [0, 0.1) is 22.7 Å². The predicted octanol–water partition coefficient (Wildman–Crippen LogP) is 3.37. The van der Waals surface area contributed by atoms with Gasteiger partial charge >= 0.3 is 0 Å². The summed E-state index contributed by atoms with van der Waals surface area (Å²) >= 11 is 6.07. The molecule has 2 saturated carbocycles. The zero-order valence-electron chi connectivity index (χ0n) is 17.9. The van der Waals surface area contributed by atoms with Gasteiger partial charge in [-0.1, -0.05) is 11.6 Å². The summed E-state index contributed by atoms with van der Waals surface area (Å²) in [5, 5.41) is 22.8. The largest absolute Gasteiger partial charge is 0.490 e. The monoisotopic (exact) mass is 457 g/mol. The van der Waals surface area contributed by atoms with Crippen molar-refractivity contribution >= 4 is 36.0 Å². The Morgan fingerprint density at radius 2 is 1.78 bits per heavy atom. The van der Waals surface area contributed by atoms with Crippen LogP contribution in [0.15, 0.2) is 23.2 Å². The van der Waals surface area contributed by atoms with Gasteiger partial charge in [0.2, 0.25) is 0 Å². The first-order valence-corrected chi connectivity index (χ1v) is 11.4. The van der Waals surface area contributed by atoms with Crippen molar-refractivity contribution in [3.63, 3.8) is 0 Å². The molecule has 32 heavy (non-hydrogen) atoms. The van der Waals surface area contributed by atoms with Crippen molar-refractivity contribution < 1.29 is 14.3 Å². The molecule has 2 aliphatic rings. The number of aliphatic imine (C=N–C) groups is 1. The first kappa shape index (κ1) is 23.7. The van der Waals surface area contributed by atoms with Gasteiger partial charge in [-0.3, -0.25) is 10.2 Å². The highest BCUT2D eigenvalue weighted by Crippen LogP contribution is 2.27. The summed E-state index contributed by atoms with van der Waals surface area (Å²) in [6.07, 6.45) is 8.19. The highest BCUT2D eigenvalue weighted by molar-refractivity contribution is 6.39. The van der Waals surface area contributed by atoms with Gasteiger partial charge in [0.25, 0.3) is 5.91 Å². The zero-order valence-corrected chi connectivity index (χ0v) is 18.6. The molecule has 0 spiro atoms. The number of amidine groups is 1. The highest BCUT2D eigenvalue weighted by Gasteiger charge is 2.27. The quantitative estimate of drug-likeness (QED) is 0.343. The topological polar surface area (TPSA) is 127 Å². The van der Waals surface area contributed by atoms with Crippen LogP contribution in [0.4, 0.5) is 0 Å². The van der Waals surface area contributed by atoms with Gasteiger partial charge in [0.1, 0.15) is 24.4 Å². The maximum absolute atomic E-state index is 12.7. The van der Waals surface area contributed by atoms with E-state index < -0.39 is 0 Å². The number of hydrogen-bond acceptors (Lipinski definition) is 5. The Hall–Kier alpha value is -2.92. The molecule has 0 heterocycles. The van der Waals surface area contributed by atoms with E-state index in [1.165, 1.54) is 0 Å². The van der Waals surface area contributed by atoms with Crippen LogP contribution >= 0.6 is 11.6 Å². The van der Waals surface area contributed by atoms with E-state index in [2.05, 4.69) is 15.6 Å². The number of nitrogens with one attached hydrogen (secondary N) is 3. The van der Waals surface area contributed by atoms with Crippen molar-refractivity contribution in [2.45, 2.75) is 69.6 Å². The molecule has 170 valence electrons. The van der Waals surface area contributed by atoms with Gasteiger partial charge in [0.15, 0.2) is 5.84 Å². The zero-order chi connectivity index (χ0) is 22.9. The van der Waals surface area contributed by atoms with Gasteiger partial charge < -0.3 is 20.2 Å². The molecule has 8 nitrogen and oxygen atoms in total. The molecular weight excluding hydrogens is 430 g/mol. The fourth-order valence-electron chi connectivity index (χ4n) is 4.25. The van der Waals surface area contributed by atoms with Gasteiger partial charge in [-0.25, -0.2) is 4.99 Å². The fourth-order valence-corrected chi connectivity index (χ4v) is 4.46. The van der Waals surface area contributed by atoms with Crippen molar-refractivity contribution in [3.8, 4) is 11.8 Å². The summed E-state index contributed by atoms with van der Waals surface area (Å²) in [6.45, 7) is 0. The molecular formula is C23H28ClN5O3. The van der Waals surface area contributed by atoms with Crippen molar-refractivity contribution in [2.75, 3.05) is 0 Å². The molecule has 0 saturated heterocycles. The molecule has 0 aromatic heterocycles. The second kappa shape index (κ2) is 11.6. The van der Waals surface area contributed by atoms with Gasteiger partial charge in [-0.05, 0) is 63.5 Å². The predicted molar refractivity (Wildman–Crippen MR) is 122 cm³/mol. The van der Waals surface area contributed by atoms with Crippen LogP contribution in [0.2, 0.25) is 5.02 Å². The number of carbonyl (C=O) groups excluding carboxylic acids is 2. The number of halogens is 1. The molecule has 0 aliphatic heterocycles. The molecule has 1 aromatic rings. The summed E-state index contributed by atoms with van der Waals surface area (Å²) in [5.41, 5.74) is 0.415. The van der Waals surface area contributed by atoms with Crippen molar-refractivity contribution in [3.05, 3.63) is 28.8 Å². The van der Waals surface area contributed by atoms with Gasteiger partial charge in [0.05, 0.1) is 16.7 Å². The Labute approximate surface area is 192 Å². The summed E-state index contributed by atoms with van der Waals surface area (Å²) in [5.74, 6) is 0.576. The lowest BCUT2D eigenvalue weighted by Crippen LogP contribution is -2.49.